The lowest BCUT2D eigenvalue weighted by atomic mass is 9.95. The van der Waals surface area contributed by atoms with Crippen molar-refractivity contribution in [2.24, 2.45) is 11.8 Å². The summed E-state index contributed by atoms with van der Waals surface area (Å²) in [7, 11) is 0. The number of anilines is 1. The predicted octanol–water partition coefficient (Wildman–Crippen LogP) is 2.07. The zero-order chi connectivity index (χ0) is 16.9. The molecule has 128 valence electrons. The van der Waals surface area contributed by atoms with Gasteiger partial charge in [0.2, 0.25) is 5.91 Å². The molecule has 0 radical (unpaired) electrons. The molecule has 1 unspecified atom stereocenters. The quantitative estimate of drug-likeness (QED) is 0.917. The number of hydrogen-bond donors (Lipinski definition) is 1. The maximum atomic E-state index is 14.1. The zero-order valence-electron chi connectivity index (χ0n) is 13.6. The molecule has 2 aliphatic rings. The van der Waals surface area contributed by atoms with Crippen molar-refractivity contribution in [1.29, 1.82) is 5.26 Å². The SMILES string of the molecule is N#Cc1ccc(N2CCC(C(=O)NCC3CCOC3)CC2)c(F)c1. The molecule has 1 aromatic rings. The fraction of sp³-hybridized carbons (Fsp3) is 0.556. The van der Waals surface area contributed by atoms with Gasteiger partial charge >= 0.3 is 0 Å². The molecule has 0 saturated carbocycles. The molecular weight excluding hydrogens is 309 g/mol. The Hall–Kier alpha value is -2.13. The number of nitrogens with one attached hydrogen (secondary N) is 1. The van der Waals surface area contributed by atoms with Gasteiger partial charge in [-0.1, -0.05) is 0 Å². The maximum Gasteiger partial charge on any atom is 0.223 e. The van der Waals surface area contributed by atoms with Crippen LogP contribution in [0.5, 0.6) is 0 Å². The number of nitrogens with zero attached hydrogens (tertiary/aromatic N) is 2. The summed E-state index contributed by atoms with van der Waals surface area (Å²) in [6, 6.07) is 6.47. The van der Waals surface area contributed by atoms with Crippen molar-refractivity contribution >= 4 is 11.6 Å². The second-order valence-electron chi connectivity index (χ2n) is 6.51. The van der Waals surface area contributed by atoms with Crippen LogP contribution < -0.4 is 10.2 Å². The first-order valence-corrected chi connectivity index (χ1v) is 8.47. The van der Waals surface area contributed by atoms with Gasteiger partial charge in [0.25, 0.3) is 0 Å². The summed E-state index contributed by atoms with van der Waals surface area (Å²) in [5.74, 6) is 0.145. The van der Waals surface area contributed by atoms with Crippen LogP contribution >= 0.6 is 0 Å². The summed E-state index contributed by atoms with van der Waals surface area (Å²) in [5.41, 5.74) is 0.831. The Bertz CT molecular complexity index is 630. The van der Waals surface area contributed by atoms with E-state index in [-0.39, 0.29) is 17.6 Å². The number of carbonyl (C=O) groups excluding carboxylic acids is 1. The first-order chi connectivity index (χ1) is 11.7. The lowest BCUT2D eigenvalue weighted by Crippen LogP contribution is -2.42. The lowest BCUT2D eigenvalue weighted by Gasteiger charge is -2.33. The van der Waals surface area contributed by atoms with Gasteiger partial charge in [0.1, 0.15) is 5.82 Å². The monoisotopic (exact) mass is 331 g/mol. The van der Waals surface area contributed by atoms with Gasteiger partial charge < -0.3 is 15.0 Å². The molecule has 1 atom stereocenters. The van der Waals surface area contributed by atoms with Crippen molar-refractivity contribution < 1.29 is 13.9 Å². The van der Waals surface area contributed by atoms with E-state index in [4.69, 9.17) is 10.00 Å². The Labute approximate surface area is 141 Å². The molecule has 5 nitrogen and oxygen atoms in total. The molecule has 1 aromatic carbocycles. The molecule has 2 heterocycles. The topological polar surface area (TPSA) is 65.4 Å². The van der Waals surface area contributed by atoms with Gasteiger partial charge in [0.15, 0.2) is 0 Å². The number of carbonyl (C=O) groups is 1. The van der Waals surface area contributed by atoms with Crippen LogP contribution in [0.4, 0.5) is 10.1 Å². The minimum atomic E-state index is -0.377. The molecule has 3 rings (SSSR count). The number of rotatable bonds is 4. The van der Waals surface area contributed by atoms with Crippen molar-refractivity contribution in [3.05, 3.63) is 29.6 Å². The molecule has 1 amide bonds. The summed E-state index contributed by atoms with van der Waals surface area (Å²) in [6.07, 6.45) is 2.44. The van der Waals surface area contributed by atoms with Crippen LogP contribution in [-0.4, -0.2) is 38.8 Å². The Morgan fingerprint density at radius 1 is 1.38 bits per heavy atom. The summed E-state index contributed by atoms with van der Waals surface area (Å²) in [6.45, 7) is 3.50. The highest BCUT2D eigenvalue weighted by atomic mass is 19.1. The smallest absolute Gasteiger partial charge is 0.223 e. The highest BCUT2D eigenvalue weighted by Gasteiger charge is 2.27. The van der Waals surface area contributed by atoms with Gasteiger partial charge in [-0.2, -0.15) is 5.26 Å². The van der Waals surface area contributed by atoms with Crippen LogP contribution in [0.2, 0.25) is 0 Å². The fourth-order valence-corrected chi connectivity index (χ4v) is 3.35. The fourth-order valence-electron chi connectivity index (χ4n) is 3.35. The molecule has 0 aromatic heterocycles. The van der Waals surface area contributed by atoms with Crippen molar-refractivity contribution in [3.8, 4) is 6.07 Å². The predicted molar refractivity (Wildman–Crippen MR) is 88.0 cm³/mol. The number of amides is 1. The van der Waals surface area contributed by atoms with Crippen LogP contribution in [0.15, 0.2) is 18.2 Å². The number of hydrogen-bond acceptors (Lipinski definition) is 4. The van der Waals surface area contributed by atoms with Gasteiger partial charge in [0, 0.05) is 38.1 Å². The molecular formula is C18H22FN3O2. The first kappa shape index (κ1) is 16.7. The van der Waals surface area contributed by atoms with E-state index in [1.54, 1.807) is 12.1 Å². The second kappa shape index (κ2) is 7.63. The molecule has 2 saturated heterocycles. The van der Waals surface area contributed by atoms with Crippen LogP contribution in [0.3, 0.4) is 0 Å². The molecule has 0 aliphatic carbocycles. The Kier molecular flexibility index (Phi) is 5.31. The highest BCUT2D eigenvalue weighted by Crippen LogP contribution is 2.26. The average molecular weight is 331 g/mol. The number of ether oxygens (including phenoxy) is 1. The molecule has 0 spiro atoms. The van der Waals surface area contributed by atoms with Crippen LogP contribution in [0.25, 0.3) is 0 Å². The maximum absolute atomic E-state index is 14.1. The summed E-state index contributed by atoms with van der Waals surface area (Å²) in [5, 5.41) is 11.8. The Balaban J connectivity index is 1.50. The van der Waals surface area contributed by atoms with E-state index in [1.165, 1.54) is 6.07 Å². The highest BCUT2D eigenvalue weighted by molar-refractivity contribution is 5.79. The number of halogens is 1. The third-order valence-electron chi connectivity index (χ3n) is 4.87. The molecule has 6 heteroatoms. The average Bonchev–Trinajstić information content (AvgIpc) is 3.13. The molecule has 2 aliphatic heterocycles. The molecule has 2 fully saturated rings. The first-order valence-electron chi connectivity index (χ1n) is 8.47. The van der Waals surface area contributed by atoms with Gasteiger partial charge in [0.05, 0.1) is 23.9 Å². The molecule has 24 heavy (non-hydrogen) atoms. The third-order valence-corrected chi connectivity index (χ3v) is 4.87. The van der Waals surface area contributed by atoms with E-state index >= 15 is 0 Å². The summed E-state index contributed by atoms with van der Waals surface area (Å²) < 4.78 is 19.4. The van der Waals surface area contributed by atoms with E-state index in [0.717, 1.165) is 19.6 Å². The van der Waals surface area contributed by atoms with E-state index in [9.17, 15) is 9.18 Å². The molecule has 0 bridgehead atoms. The van der Waals surface area contributed by atoms with E-state index < -0.39 is 0 Å². The van der Waals surface area contributed by atoms with E-state index in [2.05, 4.69) is 5.32 Å². The lowest BCUT2D eigenvalue weighted by molar-refractivity contribution is -0.125. The zero-order valence-corrected chi connectivity index (χ0v) is 13.6. The van der Waals surface area contributed by atoms with Crippen molar-refractivity contribution in [3.63, 3.8) is 0 Å². The third kappa shape index (κ3) is 3.85. The summed E-state index contributed by atoms with van der Waals surface area (Å²) >= 11 is 0. The van der Waals surface area contributed by atoms with Crippen LogP contribution in [-0.2, 0) is 9.53 Å². The van der Waals surface area contributed by atoms with Crippen molar-refractivity contribution in [1.82, 2.24) is 5.32 Å². The van der Waals surface area contributed by atoms with Crippen LogP contribution in [0, 0.1) is 29.0 Å². The largest absolute Gasteiger partial charge is 0.381 e. The number of nitriles is 1. The minimum Gasteiger partial charge on any atom is -0.381 e. The van der Waals surface area contributed by atoms with Gasteiger partial charge in [-0.15, -0.1) is 0 Å². The van der Waals surface area contributed by atoms with Gasteiger partial charge in [-0.05, 0) is 37.5 Å². The summed E-state index contributed by atoms with van der Waals surface area (Å²) in [4.78, 5) is 14.2. The van der Waals surface area contributed by atoms with Crippen molar-refractivity contribution in [2.45, 2.75) is 19.3 Å². The second-order valence-corrected chi connectivity index (χ2v) is 6.51. The number of piperidine rings is 1. The van der Waals surface area contributed by atoms with E-state index in [0.29, 0.717) is 49.6 Å². The molecule has 1 N–H and O–H groups in total. The van der Waals surface area contributed by atoms with Crippen LogP contribution in [0.1, 0.15) is 24.8 Å². The van der Waals surface area contributed by atoms with Gasteiger partial charge in [-0.25, -0.2) is 4.39 Å². The normalized spacial score (nSPS) is 21.5. The van der Waals surface area contributed by atoms with Crippen molar-refractivity contribution in [2.75, 3.05) is 37.7 Å². The van der Waals surface area contributed by atoms with Gasteiger partial charge in [-0.3, -0.25) is 4.79 Å². The van der Waals surface area contributed by atoms with E-state index in [1.807, 2.05) is 11.0 Å². The Morgan fingerprint density at radius 3 is 2.79 bits per heavy atom. The Morgan fingerprint density at radius 2 is 2.17 bits per heavy atom. The number of benzene rings is 1. The standard InChI is InChI=1S/C18H22FN3O2/c19-16-9-13(10-20)1-2-17(16)22-6-3-15(4-7-22)18(23)21-11-14-5-8-24-12-14/h1-2,9,14-15H,3-8,11-12H2,(H,21,23). The minimum absolute atomic E-state index is 0.00925.